The third kappa shape index (κ3) is 1.86. The van der Waals surface area contributed by atoms with Crippen LogP contribution in [-0.4, -0.2) is 18.6 Å². The molecule has 0 fully saturated rings. The molecule has 1 unspecified atom stereocenters. The van der Waals surface area contributed by atoms with E-state index in [0.29, 0.717) is 0 Å². The molecule has 0 aliphatic heterocycles. The summed E-state index contributed by atoms with van der Waals surface area (Å²) in [4.78, 5) is 0. The summed E-state index contributed by atoms with van der Waals surface area (Å²) in [5.74, 6) is 0. The first-order valence-corrected chi connectivity index (χ1v) is 3.43. The topological polar surface area (TPSA) is 26.0 Å². The van der Waals surface area contributed by atoms with Crippen molar-refractivity contribution in [1.29, 1.82) is 0 Å². The second kappa shape index (κ2) is 3.01. The maximum absolute atomic E-state index is 13.3. The average Bonchev–Trinajstić information content (AvgIpc) is 1.83. The van der Waals surface area contributed by atoms with Gasteiger partial charge in [-0.2, -0.15) is 0 Å². The van der Waals surface area contributed by atoms with Gasteiger partial charge in [-0.1, -0.05) is 20.8 Å². The SMILES string of the molecule is CC(C)(C)C(F)(CN)C(F)F. The molecule has 0 saturated heterocycles. The molecule has 1 nitrogen and oxygen atoms in total. The van der Waals surface area contributed by atoms with E-state index in [9.17, 15) is 13.2 Å². The second-order valence-corrected chi connectivity index (χ2v) is 3.62. The maximum atomic E-state index is 13.3. The Morgan fingerprint density at radius 3 is 1.64 bits per heavy atom. The van der Waals surface area contributed by atoms with Gasteiger partial charge in [0.2, 0.25) is 0 Å². The Morgan fingerprint density at radius 1 is 1.27 bits per heavy atom. The molecule has 11 heavy (non-hydrogen) atoms. The van der Waals surface area contributed by atoms with Crippen LogP contribution in [0.15, 0.2) is 0 Å². The van der Waals surface area contributed by atoms with Crippen molar-refractivity contribution in [3.63, 3.8) is 0 Å². The molecule has 0 amide bonds. The van der Waals surface area contributed by atoms with E-state index in [2.05, 4.69) is 0 Å². The van der Waals surface area contributed by atoms with Crippen LogP contribution in [0.3, 0.4) is 0 Å². The fourth-order valence-corrected chi connectivity index (χ4v) is 0.723. The number of hydrogen-bond acceptors (Lipinski definition) is 1. The van der Waals surface area contributed by atoms with Gasteiger partial charge in [0.15, 0.2) is 5.67 Å². The van der Waals surface area contributed by atoms with E-state index in [4.69, 9.17) is 5.73 Å². The first-order chi connectivity index (χ1) is 4.75. The summed E-state index contributed by atoms with van der Waals surface area (Å²) in [6, 6.07) is 0. The summed E-state index contributed by atoms with van der Waals surface area (Å²) >= 11 is 0. The van der Waals surface area contributed by atoms with Crippen molar-refractivity contribution in [2.75, 3.05) is 6.54 Å². The maximum Gasteiger partial charge on any atom is 0.273 e. The number of hydrogen-bond donors (Lipinski definition) is 1. The smallest absolute Gasteiger partial charge is 0.273 e. The molecule has 68 valence electrons. The van der Waals surface area contributed by atoms with Gasteiger partial charge in [0.05, 0.1) is 0 Å². The van der Waals surface area contributed by atoms with Crippen LogP contribution < -0.4 is 5.73 Å². The van der Waals surface area contributed by atoms with E-state index < -0.39 is 24.1 Å². The van der Waals surface area contributed by atoms with Crippen LogP contribution in [-0.2, 0) is 0 Å². The zero-order valence-electron chi connectivity index (χ0n) is 7.00. The van der Waals surface area contributed by atoms with Crippen LogP contribution in [0.25, 0.3) is 0 Å². The van der Waals surface area contributed by atoms with Crippen molar-refractivity contribution < 1.29 is 13.2 Å². The third-order valence-corrected chi connectivity index (χ3v) is 1.89. The quantitative estimate of drug-likeness (QED) is 0.671. The highest BCUT2D eigenvalue weighted by Gasteiger charge is 2.49. The summed E-state index contributed by atoms with van der Waals surface area (Å²) in [6.45, 7) is 3.58. The van der Waals surface area contributed by atoms with E-state index >= 15 is 0 Å². The van der Waals surface area contributed by atoms with Gasteiger partial charge in [0.1, 0.15) is 0 Å². The van der Waals surface area contributed by atoms with Gasteiger partial charge in [0, 0.05) is 12.0 Å². The van der Waals surface area contributed by atoms with Crippen molar-refractivity contribution in [2.24, 2.45) is 11.1 Å². The highest BCUT2D eigenvalue weighted by Crippen LogP contribution is 2.38. The molecule has 0 aromatic heterocycles. The Hall–Kier alpha value is -0.250. The minimum Gasteiger partial charge on any atom is -0.327 e. The van der Waals surface area contributed by atoms with E-state index in [1.807, 2.05) is 0 Å². The summed E-state index contributed by atoms with van der Waals surface area (Å²) in [7, 11) is 0. The number of nitrogens with two attached hydrogens (primary N) is 1. The third-order valence-electron chi connectivity index (χ3n) is 1.89. The van der Waals surface area contributed by atoms with Crippen molar-refractivity contribution in [3.8, 4) is 0 Å². The summed E-state index contributed by atoms with van der Waals surface area (Å²) in [6.07, 6.45) is -3.02. The minimum atomic E-state index is -3.02. The molecule has 0 rings (SSSR count). The lowest BCUT2D eigenvalue weighted by molar-refractivity contribution is -0.0950. The van der Waals surface area contributed by atoms with Crippen LogP contribution in [0.4, 0.5) is 13.2 Å². The minimum absolute atomic E-state index is 0.645. The molecular formula is C7H14F3N. The highest BCUT2D eigenvalue weighted by atomic mass is 19.3. The van der Waals surface area contributed by atoms with E-state index in [1.165, 1.54) is 20.8 Å². The lowest BCUT2D eigenvalue weighted by Gasteiger charge is -2.35. The molecule has 0 aromatic carbocycles. The molecule has 0 radical (unpaired) electrons. The number of alkyl halides is 3. The predicted molar refractivity (Wildman–Crippen MR) is 38.4 cm³/mol. The molecule has 2 N–H and O–H groups in total. The van der Waals surface area contributed by atoms with E-state index in [0.717, 1.165) is 0 Å². The van der Waals surface area contributed by atoms with Crippen LogP contribution in [0.5, 0.6) is 0 Å². The molecule has 4 heteroatoms. The Kier molecular flexibility index (Phi) is 2.94. The molecule has 0 aliphatic carbocycles. The van der Waals surface area contributed by atoms with Gasteiger partial charge in [-0.3, -0.25) is 0 Å². The van der Waals surface area contributed by atoms with Gasteiger partial charge in [-0.05, 0) is 0 Å². The first kappa shape index (κ1) is 10.8. The Labute approximate surface area is 64.8 Å². The molecule has 0 spiro atoms. The monoisotopic (exact) mass is 169 g/mol. The normalized spacial score (nSPS) is 18.5. The van der Waals surface area contributed by atoms with Crippen LogP contribution >= 0.6 is 0 Å². The fraction of sp³-hybridized carbons (Fsp3) is 1.00. The van der Waals surface area contributed by atoms with Crippen LogP contribution in [0, 0.1) is 5.41 Å². The lowest BCUT2D eigenvalue weighted by Crippen LogP contribution is -2.50. The molecule has 1 atom stereocenters. The molecule has 0 heterocycles. The Balaban J connectivity index is 4.61. The predicted octanol–water partition coefficient (Wildman–Crippen LogP) is 1.96. The van der Waals surface area contributed by atoms with Gasteiger partial charge in [0.25, 0.3) is 6.43 Å². The molecule has 0 saturated carbocycles. The standard InChI is InChI=1S/C7H14F3N/c1-6(2,3)7(10,4-11)5(8)9/h5H,4,11H2,1-3H3. The van der Waals surface area contributed by atoms with Gasteiger partial charge in [-0.25, -0.2) is 13.2 Å². The summed E-state index contributed by atoms with van der Waals surface area (Å²) in [5.41, 5.74) is 1.25. The van der Waals surface area contributed by atoms with E-state index in [1.54, 1.807) is 0 Å². The molecular weight excluding hydrogens is 155 g/mol. The second-order valence-electron chi connectivity index (χ2n) is 3.62. The Morgan fingerprint density at radius 2 is 1.64 bits per heavy atom. The van der Waals surface area contributed by atoms with Crippen molar-refractivity contribution >= 4 is 0 Å². The summed E-state index contributed by atoms with van der Waals surface area (Å²) in [5, 5.41) is 0. The molecule has 0 aliphatic rings. The lowest BCUT2D eigenvalue weighted by atomic mass is 9.78. The largest absolute Gasteiger partial charge is 0.327 e. The van der Waals surface area contributed by atoms with Gasteiger partial charge in [-0.15, -0.1) is 0 Å². The van der Waals surface area contributed by atoms with E-state index in [-0.39, 0.29) is 0 Å². The zero-order valence-corrected chi connectivity index (χ0v) is 7.00. The van der Waals surface area contributed by atoms with Gasteiger partial charge < -0.3 is 5.73 Å². The van der Waals surface area contributed by atoms with Crippen molar-refractivity contribution in [3.05, 3.63) is 0 Å². The number of halogens is 3. The average molecular weight is 169 g/mol. The number of rotatable bonds is 2. The highest BCUT2D eigenvalue weighted by molar-refractivity contribution is 4.94. The van der Waals surface area contributed by atoms with Crippen LogP contribution in [0.2, 0.25) is 0 Å². The van der Waals surface area contributed by atoms with Gasteiger partial charge >= 0.3 is 0 Å². The first-order valence-electron chi connectivity index (χ1n) is 3.43. The van der Waals surface area contributed by atoms with Crippen molar-refractivity contribution in [2.45, 2.75) is 32.9 Å². The van der Waals surface area contributed by atoms with Crippen LogP contribution in [0.1, 0.15) is 20.8 Å². The summed E-state index contributed by atoms with van der Waals surface area (Å²) < 4.78 is 37.5. The zero-order chi connectivity index (χ0) is 9.28. The fourth-order valence-electron chi connectivity index (χ4n) is 0.723. The Bertz CT molecular complexity index is 130. The van der Waals surface area contributed by atoms with Crippen molar-refractivity contribution in [1.82, 2.24) is 0 Å². The molecule has 0 bridgehead atoms. The molecule has 0 aromatic rings.